The van der Waals surface area contributed by atoms with Gasteiger partial charge in [0, 0.05) is 22.0 Å². The molecule has 1 aromatic heterocycles. The molecule has 0 spiro atoms. The van der Waals surface area contributed by atoms with E-state index < -0.39 is 5.41 Å². The Labute approximate surface area is 334 Å². The lowest BCUT2D eigenvalue weighted by Crippen LogP contribution is -2.46. The van der Waals surface area contributed by atoms with Crippen LogP contribution in [0.4, 0.5) is 0 Å². The van der Waals surface area contributed by atoms with Crippen molar-refractivity contribution in [2.75, 3.05) is 7.05 Å². The van der Waals surface area contributed by atoms with Gasteiger partial charge in [-0.05, 0) is 89.7 Å². The van der Waals surface area contributed by atoms with Gasteiger partial charge in [0.25, 0.3) is 0 Å². The van der Waals surface area contributed by atoms with Crippen molar-refractivity contribution in [3.8, 4) is 5.69 Å². The van der Waals surface area contributed by atoms with E-state index in [9.17, 15) is 0 Å². The number of nitrogens with one attached hydrogen (secondary N) is 1. The van der Waals surface area contributed by atoms with Gasteiger partial charge in [-0.1, -0.05) is 170 Å². The third-order valence-electron chi connectivity index (χ3n) is 11.9. The Bertz CT molecular complexity index is 2740. The van der Waals surface area contributed by atoms with Gasteiger partial charge in [0.1, 0.15) is 18.2 Å². The summed E-state index contributed by atoms with van der Waals surface area (Å²) in [5.41, 5.74) is 11.4. The molecule has 2 atom stereocenters. The van der Waals surface area contributed by atoms with Crippen molar-refractivity contribution in [1.82, 2.24) is 14.8 Å². The van der Waals surface area contributed by atoms with E-state index in [4.69, 9.17) is 4.99 Å². The number of aromatic nitrogens is 1. The molecule has 2 unspecified atom stereocenters. The second-order valence-electron chi connectivity index (χ2n) is 15.1. The number of hydrogen-bond donors (Lipinski definition) is 1. The van der Waals surface area contributed by atoms with Crippen LogP contribution in [-0.4, -0.2) is 22.4 Å². The molecule has 1 aliphatic heterocycles. The molecule has 8 aromatic rings. The Balaban J connectivity index is 1.16. The van der Waals surface area contributed by atoms with Gasteiger partial charge in [0.15, 0.2) is 0 Å². The van der Waals surface area contributed by atoms with Gasteiger partial charge in [0.05, 0.1) is 16.4 Å². The fraction of sp³-hybridized carbons (Fsp3) is 0.113. The van der Waals surface area contributed by atoms with Crippen LogP contribution >= 0.6 is 0 Å². The van der Waals surface area contributed by atoms with Crippen molar-refractivity contribution in [3.63, 3.8) is 0 Å². The average Bonchev–Trinajstić information content (AvgIpc) is 3.62. The number of benzene rings is 7. The number of amidine groups is 1. The number of para-hydroxylation sites is 2. The molecule has 2 heterocycles. The molecule has 4 heteroatoms. The van der Waals surface area contributed by atoms with Crippen LogP contribution in [-0.2, 0) is 5.41 Å². The predicted molar refractivity (Wildman–Crippen MR) is 236 cm³/mol. The molecule has 0 radical (unpaired) electrons. The Morgan fingerprint density at radius 3 is 1.88 bits per heavy atom. The zero-order chi connectivity index (χ0) is 38.2. The zero-order valence-electron chi connectivity index (χ0n) is 32.0. The van der Waals surface area contributed by atoms with Crippen LogP contribution in [0.5, 0.6) is 0 Å². The summed E-state index contributed by atoms with van der Waals surface area (Å²) >= 11 is 0. The van der Waals surface area contributed by atoms with Crippen molar-refractivity contribution >= 4 is 27.6 Å². The molecule has 0 saturated carbocycles. The first kappa shape index (κ1) is 34.7. The second-order valence-corrected chi connectivity index (χ2v) is 15.1. The molecular weight excluding hydrogens is 693 g/mol. The van der Waals surface area contributed by atoms with Crippen molar-refractivity contribution in [3.05, 3.63) is 245 Å². The molecular formula is C53H44N4. The highest BCUT2D eigenvalue weighted by molar-refractivity contribution is 6.12. The second kappa shape index (κ2) is 14.7. The molecule has 0 amide bonds. The van der Waals surface area contributed by atoms with E-state index in [1.807, 2.05) is 0 Å². The SMILES string of the molecule is CN1C(c2cccc(C(C3=CCCC=C3)(c3ccccc3)c3ccccc3)c2)N=C(c2ccc3c(c2)c2ccccc2n3-c2ccccc2)NC1c1ccccc1. The third kappa shape index (κ3) is 6.01. The van der Waals surface area contributed by atoms with Crippen molar-refractivity contribution in [1.29, 1.82) is 0 Å². The maximum absolute atomic E-state index is 5.61. The quantitative estimate of drug-likeness (QED) is 0.158. The van der Waals surface area contributed by atoms with Gasteiger partial charge < -0.3 is 9.88 Å². The molecule has 0 bridgehead atoms. The smallest absolute Gasteiger partial charge is 0.132 e. The number of hydrogen-bond acceptors (Lipinski definition) is 3. The Hall–Kier alpha value is -6.75. The number of allylic oxidation sites excluding steroid dienone is 4. The lowest BCUT2D eigenvalue weighted by atomic mass is 9.63. The molecule has 7 aromatic carbocycles. The van der Waals surface area contributed by atoms with Crippen LogP contribution in [0.2, 0.25) is 0 Å². The summed E-state index contributed by atoms with van der Waals surface area (Å²) in [5.74, 6) is 0.881. The van der Waals surface area contributed by atoms with Crippen LogP contribution in [0.1, 0.15) is 58.6 Å². The van der Waals surface area contributed by atoms with Crippen LogP contribution < -0.4 is 5.32 Å². The molecule has 4 nitrogen and oxygen atoms in total. The number of nitrogens with zero attached hydrogens (tertiary/aromatic N) is 3. The van der Waals surface area contributed by atoms with Gasteiger partial charge in [-0.2, -0.15) is 0 Å². The van der Waals surface area contributed by atoms with Crippen molar-refractivity contribution in [2.45, 2.75) is 30.6 Å². The third-order valence-corrected chi connectivity index (χ3v) is 11.9. The highest BCUT2D eigenvalue weighted by atomic mass is 15.4. The highest BCUT2D eigenvalue weighted by Crippen LogP contribution is 2.48. The zero-order valence-corrected chi connectivity index (χ0v) is 32.0. The van der Waals surface area contributed by atoms with Crippen molar-refractivity contribution < 1.29 is 0 Å². The van der Waals surface area contributed by atoms with E-state index in [2.05, 4.69) is 228 Å². The molecule has 0 saturated heterocycles. The lowest BCUT2D eigenvalue weighted by molar-refractivity contribution is 0.152. The number of rotatable bonds is 8. The first-order chi connectivity index (χ1) is 28.2. The van der Waals surface area contributed by atoms with E-state index in [0.717, 1.165) is 35.5 Å². The Kier molecular flexibility index (Phi) is 8.97. The monoisotopic (exact) mass is 736 g/mol. The summed E-state index contributed by atoms with van der Waals surface area (Å²) in [5, 5.41) is 6.31. The molecule has 57 heavy (non-hydrogen) atoms. The maximum Gasteiger partial charge on any atom is 0.132 e. The van der Waals surface area contributed by atoms with Gasteiger partial charge in [0.2, 0.25) is 0 Å². The van der Waals surface area contributed by atoms with E-state index in [1.165, 1.54) is 49.6 Å². The van der Waals surface area contributed by atoms with Crippen LogP contribution in [0.3, 0.4) is 0 Å². The molecule has 276 valence electrons. The Morgan fingerprint density at radius 2 is 1.18 bits per heavy atom. The summed E-state index contributed by atoms with van der Waals surface area (Å²) < 4.78 is 2.36. The highest BCUT2D eigenvalue weighted by Gasteiger charge is 2.40. The van der Waals surface area contributed by atoms with Gasteiger partial charge in [-0.15, -0.1) is 0 Å². The molecule has 2 aliphatic rings. The summed E-state index contributed by atoms with van der Waals surface area (Å²) in [4.78, 5) is 7.97. The lowest BCUT2D eigenvalue weighted by Gasteiger charge is -2.41. The van der Waals surface area contributed by atoms with E-state index in [1.54, 1.807) is 0 Å². The van der Waals surface area contributed by atoms with Crippen LogP contribution in [0.25, 0.3) is 27.5 Å². The largest absolute Gasteiger partial charge is 0.350 e. The van der Waals surface area contributed by atoms with Crippen LogP contribution in [0, 0.1) is 0 Å². The predicted octanol–water partition coefficient (Wildman–Crippen LogP) is 12.1. The molecule has 10 rings (SSSR count). The van der Waals surface area contributed by atoms with Gasteiger partial charge in [-0.25, -0.2) is 4.99 Å². The average molecular weight is 737 g/mol. The fourth-order valence-electron chi connectivity index (χ4n) is 9.22. The van der Waals surface area contributed by atoms with E-state index in [-0.39, 0.29) is 12.3 Å². The number of fused-ring (bicyclic) bond motifs is 3. The summed E-state index contributed by atoms with van der Waals surface area (Å²) in [6, 6.07) is 68.1. The van der Waals surface area contributed by atoms with E-state index in [0.29, 0.717) is 0 Å². The van der Waals surface area contributed by atoms with Gasteiger partial charge >= 0.3 is 0 Å². The molecule has 1 aliphatic carbocycles. The summed E-state index contributed by atoms with van der Waals surface area (Å²) in [7, 11) is 2.19. The minimum Gasteiger partial charge on any atom is -0.350 e. The normalized spacial score (nSPS) is 17.3. The van der Waals surface area contributed by atoms with Crippen LogP contribution in [0.15, 0.2) is 217 Å². The minimum atomic E-state index is -0.510. The molecule has 1 N–H and O–H groups in total. The summed E-state index contributed by atoms with van der Waals surface area (Å²) in [6.45, 7) is 0. The summed E-state index contributed by atoms with van der Waals surface area (Å²) in [6.07, 6.45) is 8.83. The maximum atomic E-state index is 5.61. The van der Waals surface area contributed by atoms with E-state index >= 15 is 0 Å². The Morgan fingerprint density at radius 1 is 0.561 bits per heavy atom. The number of aliphatic imine (C=N–C) groups is 1. The van der Waals surface area contributed by atoms with Gasteiger partial charge in [-0.3, -0.25) is 4.90 Å². The minimum absolute atomic E-state index is 0.106. The topological polar surface area (TPSA) is 32.6 Å². The first-order valence-corrected chi connectivity index (χ1v) is 20.0. The first-order valence-electron chi connectivity index (χ1n) is 20.0. The fourth-order valence-corrected chi connectivity index (χ4v) is 9.22. The van der Waals surface area contributed by atoms with Crippen molar-refractivity contribution in [2.24, 2.45) is 4.99 Å². The standard InChI is InChI=1S/C53H44N4/c1-56-51(38-20-7-2-8-21-38)54-50(39-34-35-49-47(37-39)46-32-17-18-33-48(46)57(49)45-30-15-6-16-31-45)55-52(56)40-22-19-29-44(36-40)53(41-23-9-3-10-24-41,42-25-11-4-12-26-42)43-27-13-5-14-28-43/h2-4,6-13,15-37,51-52H,5,14H2,1H3,(H,54,55). The molecule has 0 fully saturated rings.